The third-order valence-corrected chi connectivity index (χ3v) is 6.92. The first-order valence-corrected chi connectivity index (χ1v) is 12.9. The third kappa shape index (κ3) is 6.72. The van der Waals surface area contributed by atoms with E-state index < -0.39 is 32.7 Å². The summed E-state index contributed by atoms with van der Waals surface area (Å²) < 4.78 is 53.9. The van der Waals surface area contributed by atoms with E-state index in [0.717, 1.165) is 17.7 Å². The van der Waals surface area contributed by atoms with Crippen molar-refractivity contribution in [1.82, 2.24) is 4.72 Å². The molecule has 0 bridgehead atoms. The Labute approximate surface area is 214 Å². The van der Waals surface area contributed by atoms with Gasteiger partial charge in [-0.1, -0.05) is 60.7 Å². The molecule has 0 aliphatic rings. The zero-order valence-electron chi connectivity index (χ0n) is 19.9. The zero-order chi connectivity index (χ0) is 26.3. The number of carbonyl (C=O) groups excluding carboxylic acids is 1. The van der Waals surface area contributed by atoms with Crippen LogP contribution in [-0.4, -0.2) is 27.5 Å². The monoisotopic (exact) mass is 520 g/mol. The van der Waals surface area contributed by atoms with Crippen molar-refractivity contribution < 1.29 is 27.1 Å². The number of halogens is 1. The number of ether oxygens (including phenoxy) is 2. The van der Waals surface area contributed by atoms with Crippen molar-refractivity contribution in [3.63, 3.8) is 0 Å². The van der Waals surface area contributed by atoms with Gasteiger partial charge in [0.05, 0.1) is 12.8 Å². The van der Waals surface area contributed by atoms with E-state index in [1.165, 1.54) is 13.2 Å². The first kappa shape index (κ1) is 25.9. The van der Waals surface area contributed by atoms with Gasteiger partial charge in [-0.25, -0.2) is 12.8 Å². The molecule has 0 aliphatic carbocycles. The topological polar surface area (TPSA) is 93.7 Å². The minimum atomic E-state index is -4.35. The molecule has 0 aromatic heterocycles. The maximum atomic E-state index is 13.9. The largest absolute Gasteiger partial charge is 0.495 e. The second-order valence-electron chi connectivity index (χ2n) is 8.06. The highest BCUT2D eigenvalue weighted by molar-refractivity contribution is 7.89. The smallest absolute Gasteiger partial charge is 0.245 e. The Balaban J connectivity index is 1.63. The summed E-state index contributed by atoms with van der Waals surface area (Å²) in [5.74, 6) is -0.461. The lowest BCUT2D eigenvalue weighted by Gasteiger charge is -2.20. The van der Waals surface area contributed by atoms with E-state index in [1.807, 2.05) is 24.3 Å². The molecule has 0 saturated carbocycles. The van der Waals surface area contributed by atoms with Gasteiger partial charge in [-0.2, -0.15) is 4.72 Å². The first-order chi connectivity index (χ1) is 17.9. The molecule has 4 rings (SSSR count). The lowest BCUT2D eigenvalue weighted by molar-refractivity contribution is -0.117. The SMILES string of the molecule is COc1ccc(F)cc1S(=O)(=O)NC(Cc1ccccc1)C(=O)Nc1ccccc1Oc1ccccc1. The van der Waals surface area contributed by atoms with E-state index in [4.69, 9.17) is 9.47 Å². The van der Waals surface area contributed by atoms with Crippen LogP contribution in [0.15, 0.2) is 108 Å². The normalized spacial score (nSPS) is 11.9. The van der Waals surface area contributed by atoms with Crippen LogP contribution in [0.5, 0.6) is 17.2 Å². The second-order valence-corrected chi connectivity index (χ2v) is 9.74. The van der Waals surface area contributed by atoms with Gasteiger partial charge in [0.1, 0.15) is 28.3 Å². The average molecular weight is 521 g/mol. The Kier molecular flexibility index (Phi) is 8.17. The molecule has 0 aliphatic heterocycles. The number of rotatable bonds is 10. The molecule has 9 heteroatoms. The number of sulfonamides is 1. The molecule has 4 aromatic rings. The van der Waals surface area contributed by atoms with Gasteiger partial charge in [0, 0.05) is 0 Å². The Morgan fingerprint density at radius 3 is 2.22 bits per heavy atom. The summed E-state index contributed by atoms with van der Waals surface area (Å²) in [7, 11) is -3.07. The van der Waals surface area contributed by atoms with Gasteiger partial charge in [0.15, 0.2) is 5.75 Å². The van der Waals surface area contributed by atoms with Gasteiger partial charge in [0.25, 0.3) is 0 Å². The molecular weight excluding hydrogens is 495 g/mol. The summed E-state index contributed by atoms with van der Waals surface area (Å²) in [6.07, 6.45) is 0.0469. The molecule has 37 heavy (non-hydrogen) atoms. The quantitative estimate of drug-likeness (QED) is 0.302. The summed E-state index contributed by atoms with van der Waals surface area (Å²) in [5.41, 5.74) is 1.09. The lowest BCUT2D eigenvalue weighted by Crippen LogP contribution is -2.45. The van der Waals surface area contributed by atoms with Crippen molar-refractivity contribution in [1.29, 1.82) is 0 Å². The summed E-state index contributed by atoms with van der Waals surface area (Å²) in [4.78, 5) is 13.0. The summed E-state index contributed by atoms with van der Waals surface area (Å²) in [5, 5.41) is 2.77. The maximum Gasteiger partial charge on any atom is 0.245 e. The van der Waals surface area contributed by atoms with Crippen LogP contribution in [0.3, 0.4) is 0 Å². The van der Waals surface area contributed by atoms with Gasteiger partial charge in [-0.3, -0.25) is 4.79 Å². The highest BCUT2D eigenvalue weighted by Gasteiger charge is 2.29. The van der Waals surface area contributed by atoms with Crippen molar-refractivity contribution in [2.45, 2.75) is 17.4 Å². The van der Waals surface area contributed by atoms with Crippen molar-refractivity contribution in [3.8, 4) is 17.2 Å². The molecule has 1 amide bonds. The lowest BCUT2D eigenvalue weighted by atomic mass is 10.1. The Morgan fingerprint density at radius 2 is 1.51 bits per heavy atom. The third-order valence-electron chi connectivity index (χ3n) is 5.43. The van der Waals surface area contributed by atoms with Crippen LogP contribution in [-0.2, 0) is 21.2 Å². The molecule has 0 spiro atoms. The standard InChI is InChI=1S/C28H25FN2O5S/c1-35-26-17-16-21(29)19-27(26)37(33,34)31-24(18-20-10-4-2-5-11-20)28(32)30-23-14-8-9-15-25(23)36-22-12-6-3-7-13-22/h2-17,19,24,31H,18H2,1H3,(H,30,32). The summed E-state index contributed by atoms with van der Waals surface area (Å²) in [6, 6.07) is 26.8. The molecule has 0 heterocycles. The van der Waals surface area contributed by atoms with E-state index in [9.17, 15) is 17.6 Å². The number of para-hydroxylation sites is 3. The van der Waals surface area contributed by atoms with E-state index in [0.29, 0.717) is 17.2 Å². The van der Waals surface area contributed by atoms with E-state index in [-0.39, 0.29) is 12.2 Å². The van der Waals surface area contributed by atoms with Crippen LogP contribution in [0, 0.1) is 5.82 Å². The molecule has 1 atom stereocenters. The number of hydrogen-bond donors (Lipinski definition) is 2. The van der Waals surface area contributed by atoms with Gasteiger partial charge < -0.3 is 14.8 Å². The van der Waals surface area contributed by atoms with Crippen molar-refractivity contribution in [3.05, 3.63) is 115 Å². The number of nitrogens with one attached hydrogen (secondary N) is 2. The van der Waals surface area contributed by atoms with Gasteiger partial charge in [0.2, 0.25) is 15.9 Å². The molecule has 190 valence electrons. The number of hydrogen-bond acceptors (Lipinski definition) is 5. The minimum absolute atomic E-state index is 0.0469. The molecule has 7 nitrogen and oxygen atoms in total. The molecule has 1 unspecified atom stereocenters. The van der Waals surface area contributed by atoms with Crippen molar-refractivity contribution >= 4 is 21.6 Å². The number of amides is 1. The molecule has 0 radical (unpaired) electrons. The number of carbonyl (C=O) groups is 1. The fourth-order valence-electron chi connectivity index (χ4n) is 3.64. The van der Waals surface area contributed by atoms with Gasteiger partial charge >= 0.3 is 0 Å². The van der Waals surface area contributed by atoms with Crippen LogP contribution in [0.25, 0.3) is 0 Å². The fourth-order valence-corrected chi connectivity index (χ4v) is 5.02. The van der Waals surface area contributed by atoms with E-state index in [1.54, 1.807) is 60.7 Å². The van der Waals surface area contributed by atoms with E-state index >= 15 is 0 Å². The molecule has 4 aromatic carbocycles. The molecule has 2 N–H and O–H groups in total. The highest BCUT2D eigenvalue weighted by atomic mass is 32.2. The zero-order valence-corrected chi connectivity index (χ0v) is 20.7. The van der Waals surface area contributed by atoms with Crippen LogP contribution in [0.4, 0.5) is 10.1 Å². The average Bonchev–Trinajstić information content (AvgIpc) is 2.90. The maximum absolute atomic E-state index is 13.9. The minimum Gasteiger partial charge on any atom is -0.495 e. The van der Waals surface area contributed by atoms with Crippen LogP contribution in [0.1, 0.15) is 5.56 Å². The Hall–Kier alpha value is -4.21. The number of anilines is 1. The van der Waals surface area contributed by atoms with Crippen LogP contribution in [0.2, 0.25) is 0 Å². The predicted octanol–water partition coefficient (Wildman–Crippen LogP) is 5.15. The number of benzene rings is 4. The first-order valence-electron chi connectivity index (χ1n) is 11.4. The molecular formula is C28H25FN2O5S. The fraction of sp³-hybridized carbons (Fsp3) is 0.107. The van der Waals surface area contributed by atoms with Crippen molar-refractivity contribution in [2.24, 2.45) is 0 Å². The molecule has 0 fully saturated rings. The van der Waals surface area contributed by atoms with E-state index in [2.05, 4.69) is 10.0 Å². The highest BCUT2D eigenvalue weighted by Crippen LogP contribution is 2.30. The van der Waals surface area contributed by atoms with Gasteiger partial charge in [-0.15, -0.1) is 0 Å². The summed E-state index contributed by atoms with van der Waals surface area (Å²) in [6.45, 7) is 0. The number of methoxy groups -OCH3 is 1. The predicted molar refractivity (Wildman–Crippen MR) is 139 cm³/mol. The van der Waals surface area contributed by atoms with Crippen LogP contribution < -0.4 is 19.5 Å². The van der Waals surface area contributed by atoms with Gasteiger partial charge in [-0.05, 0) is 54.4 Å². The van der Waals surface area contributed by atoms with Crippen molar-refractivity contribution in [2.75, 3.05) is 12.4 Å². The Morgan fingerprint density at radius 1 is 0.865 bits per heavy atom. The Bertz CT molecular complexity index is 1460. The second kappa shape index (κ2) is 11.7. The summed E-state index contributed by atoms with van der Waals surface area (Å²) >= 11 is 0. The van der Waals surface area contributed by atoms with Crippen LogP contribution >= 0.6 is 0 Å². The molecule has 0 saturated heterocycles.